The lowest BCUT2D eigenvalue weighted by atomic mass is 9.96. The van der Waals surface area contributed by atoms with Crippen LogP contribution in [0.15, 0.2) is 29.2 Å². The summed E-state index contributed by atoms with van der Waals surface area (Å²) in [5.74, 6) is 0. The molecule has 0 aliphatic heterocycles. The van der Waals surface area contributed by atoms with E-state index in [9.17, 15) is 4.79 Å². The molecule has 1 aliphatic carbocycles. The smallest absolute Gasteiger partial charge is 0.292 e. The molecule has 1 aromatic heterocycles. The van der Waals surface area contributed by atoms with Crippen LogP contribution in [0.5, 0.6) is 0 Å². The van der Waals surface area contributed by atoms with Crippen molar-refractivity contribution in [1.29, 1.82) is 0 Å². The second kappa shape index (κ2) is 7.59. The van der Waals surface area contributed by atoms with Gasteiger partial charge in [0.25, 0.3) is 5.56 Å². The molecule has 3 rings (SSSR count). The van der Waals surface area contributed by atoms with Gasteiger partial charge in [0.15, 0.2) is 0 Å². The maximum absolute atomic E-state index is 12.7. The van der Waals surface area contributed by atoms with E-state index >= 15 is 0 Å². The summed E-state index contributed by atoms with van der Waals surface area (Å²) >= 11 is 12.5. The minimum absolute atomic E-state index is 0.0999. The minimum atomic E-state index is -0.359. The highest BCUT2D eigenvalue weighted by Crippen LogP contribution is 2.34. The van der Waals surface area contributed by atoms with Crippen molar-refractivity contribution in [2.24, 2.45) is 0 Å². The zero-order valence-corrected chi connectivity index (χ0v) is 16.9. The number of aryl methyl sites for hydroxylation is 1. The van der Waals surface area contributed by atoms with Crippen LogP contribution >= 0.6 is 23.2 Å². The van der Waals surface area contributed by atoms with E-state index in [4.69, 9.17) is 23.2 Å². The maximum Gasteiger partial charge on any atom is 0.292 e. The number of anilines is 1. The van der Waals surface area contributed by atoms with Gasteiger partial charge < -0.3 is 10.2 Å². The first-order valence-electron chi connectivity index (χ1n) is 8.80. The minimum Gasteiger partial charge on any atom is -0.381 e. The van der Waals surface area contributed by atoms with Crippen LogP contribution in [0, 0.1) is 6.92 Å². The third-order valence-electron chi connectivity index (χ3n) is 5.41. The summed E-state index contributed by atoms with van der Waals surface area (Å²) in [6, 6.07) is 5.37. The number of benzene rings is 1. The lowest BCUT2D eigenvalue weighted by molar-refractivity contribution is 0.172. The zero-order valence-electron chi connectivity index (χ0n) is 15.4. The summed E-state index contributed by atoms with van der Waals surface area (Å²) < 4.78 is 1.27. The van der Waals surface area contributed by atoms with Crippen LogP contribution < -0.4 is 10.9 Å². The summed E-state index contributed by atoms with van der Waals surface area (Å²) in [6.07, 6.45) is 6.33. The van der Waals surface area contributed by atoms with E-state index < -0.39 is 0 Å². The van der Waals surface area contributed by atoms with Gasteiger partial charge in [0.05, 0.1) is 17.6 Å². The lowest BCUT2D eigenvalue weighted by Gasteiger charge is -2.36. The van der Waals surface area contributed by atoms with E-state index in [1.165, 1.54) is 17.5 Å². The Bertz CT molecular complexity index is 857. The second-order valence-corrected chi connectivity index (χ2v) is 7.99. The molecular formula is C19H24Cl2N4O. The molecule has 0 bridgehead atoms. The fourth-order valence-electron chi connectivity index (χ4n) is 3.53. The van der Waals surface area contributed by atoms with Gasteiger partial charge in [-0.1, -0.05) is 42.1 Å². The molecule has 0 spiro atoms. The Hall–Kier alpha value is -1.56. The predicted molar refractivity (Wildman–Crippen MR) is 108 cm³/mol. The lowest BCUT2D eigenvalue weighted by Crippen LogP contribution is -2.47. The largest absolute Gasteiger partial charge is 0.381 e. The van der Waals surface area contributed by atoms with Gasteiger partial charge in [-0.2, -0.15) is 9.78 Å². The van der Waals surface area contributed by atoms with E-state index in [1.54, 1.807) is 18.3 Å². The summed E-state index contributed by atoms with van der Waals surface area (Å²) in [7, 11) is 4.21. The Kier molecular flexibility index (Phi) is 5.61. The summed E-state index contributed by atoms with van der Waals surface area (Å²) in [5.41, 5.74) is 1.85. The molecule has 1 N–H and O–H groups in total. The summed E-state index contributed by atoms with van der Waals surface area (Å²) in [4.78, 5) is 14.9. The van der Waals surface area contributed by atoms with Gasteiger partial charge in [0.2, 0.25) is 0 Å². The third kappa shape index (κ3) is 3.61. The summed E-state index contributed by atoms with van der Waals surface area (Å²) in [6.45, 7) is 2.65. The van der Waals surface area contributed by atoms with E-state index in [2.05, 4.69) is 29.4 Å². The van der Waals surface area contributed by atoms with Gasteiger partial charge in [-0.05, 0) is 51.6 Å². The Balaban J connectivity index is 1.86. The van der Waals surface area contributed by atoms with Crippen LogP contribution in [0.3, 0.4) is 0 Å². The molecule has 1 saturated carbocycles. The van der Waals surface area contributed by atoms with Gasteiger partial charge >= 0.3 is 0 Å². The third-order valence-corrected chi connectivity index (χ3v) is 6.18. The fourth-order valence-corrected chi connectivity index (χ4v) is 3.90. The van der Waals surface area contributed by atoms with Crippen LogP contribution in [0.25, 0.3) is 5.69 Å². The first kappa shape index (κ1) is 19.2. The van der Waals surface area contributed by atoms with Crippen LogP contribution in [-0.2, 0) is 0 Å². The Morgan fingerprint density at radius 2 is 1.96 bits per heavy atom. The van der Waals surface area contributed by atoms with E-state index in [0.717, 1.165) is 24.9 Å². The van der Waals surface area contributed by atoms with Crippen molar-refractivity contribution in [2.45, 2.75) is 38.1 Å². The van der Waals surface area contributed by atoms with E-state index in [1.807, 2.05) is 13.0 Å². The highest BCUT2D eigenvalue weighted by molar-refractivity contribution is 6.33. The first-order valence-corrected chi connectivity index (χ1v) is 9.55. The molecule has 1 fully saturated rings. The van der Waals surface area contributed by atoms with Crippen molar-refractivity contribution in [1.82, 2.24) is 14.7 Å². The van der Waals surface area contributed by atoms with Crippen LogP contribution in [-0.4, -0.2) is 40.9 Å². The molecule has 2 aromatic rings. The van der Waals surface area contributed by atoms with Crippen molar-refractivity contribution < 1.29 is 0 Å². The average Bonchev–Trinajstić information content (AvgIpc) is 3.09. The molecule has 0 radical (unpaired) electrons. The Morgan fingerprint density at radius 1 is 1.27 bits per heavy atom. The number of halogens is 2. The average molecular weight is 395 g/mol. The molecule has 140 valence electrons. The normalized spacial score (nSPS) is 16.2. The highest BCUT2D eigenvalue weighted by atomic mass is 35.5. The van der Waals surface area contributed by atoms with Crippen molar-refractivity contribution >= 4 is 28.9 Å². The molecule has 0 unspecified atom stereocenters. The molecule has 1 aromatic carbocycles. The van der Waals surface area contributed by atoms with Crippen LogP contribution in [0.4, 0.5) is 5.69 Å². The van der Waals surface area contributed by atoms with Crippen molar-refractivity contribution in [3.8, 4) is 5.69 Å². The predicted octanol–water partition coefficient (Wildman–Crippen LogP) is 4.13. The number of nitrogens with one attached hydrogen (secondary N) is 1. The Labute approximate surface area is 163 Å². The summed E-state index contributed by atoms with van der Waals surface area (Å²) in [5, 5.41) is 8.35. The molecule has 5 nitrogen and oxygen atoms in total. The molecule has 0 saturated heterocycles. The fraction of sp³-hybridized carbons (Fsp3) is 0.474. The Morgan fingerprint density at radius 3 is 2.58 bits per heavy atom. The molecule has 0 amide bonds. The van der Waals surface area contributed by atoms with Crippen molar-refractivity contribution in [3.05, 3.63) is 50.4 Å². The monoisotopic (exact) mass is 394 g/mol. The zero-order chi connectivity index (χ0) is 18.9. The highest BCUT2D eigenvalue weighted by Gasteiger charge is 2.35. The van der Waals surface area contributed by atoms with E-state index in [-0.39, 0.29) is 16.1 Å². The van der Waals surface area contributed by atoms with Gasteiger partial charge in [-0.3, -0.25) is 4.79 Å². The molecule has 26 heavy (non-hydrogen) atoms. The molecule has 1 heterocycles. The molecular weight excluding hydrogens is 371 g/mol. The van der Waals surface area contributed by atoms with Gasteiger partial charge in [-0.25, -0.2) is 0 Å². The van der Waals surface area contributed by atoms with E-state index in [0.29, 0.717) is 16.4 Å². The van der Waals surface area contributed by atoms with Crippen molar-refractivity contribution in [2.75, 3.05) is 26.0 Å². The van der Waals surface area contributed by atoms with Gasteiger partial charge in [0.1, 0.15) is 5.02 Å². The maximum atomic E-state index is 12.7. The standard InChI is InChI=1S/C19H24Cl2N4O/c1-13-6-7-14(10-15(13)20)25-18(26)17(21)16(11-23-25)22-12-19(24(2)3)8-4-5-9-19/h6-7,10-11,22H,4-5,8-9,12H2,1-3H3. The van der Waals surface area contributed by atoms with Crippen molar-refractivity contribution in [3.63, 3.8) is 0 Å². The molecule has 0 atom stereocenters. The number of rotatable bonds is 5. The number of likely N-dealkylation sites (N-methyl/N-ethyl adjacent to an activating group) is 1. The SMILES string of the molecule is Cc1ccc(-n2ncc(NCC3(N(C)C)CCCC3)c(Cl)c2=O)cc1Cl. The second-order valence-electron chi connectivity index (χ2n) is 7.20. The number of nitrogens with zero attached hydrogens (tertiary/aromatic N) is 3. The van der Waals surface area contributed by atoms with Gasteiger partial charge in [-0.15, -0.1) is 0 Å². The number of hydrogen-bond acceptors (Lipinski definition) is 4. The molecule has 7 heteroatoms. The van der Waals surface area contributed by atoms with Crippen LogP contribution in [0.2, 0.25) is 10.0 Å². The topological polar surface area (TPSA) is 50.2 Å². The van der Waals surface area contributed by atoms with Crippen LogP contribution in [0.1, 0.15) is 31.2 Å². The molecule has 1 aliphatic rings. The van der Waals surface area contributed by atoms with Gasteiger partial charge in [0, 0.05) is 17.1 Å². The number of hydrogen-bond donors (Lipinski definition) is 1. The first-order chi connectivity index (χ1) is 12.3. The number of aromatic nitrogens is 2. The quantitative estimate of drug-likeness (QED) is 0.827.